The van der Waals surface area contributed by atoms with E-state index in [2.05, 4.69) is 200 Å². The van der Waals surface area contributed by atoms with Crippen molar-refractivity contribution in [3.8, 4) is 11.4 Å². The number of hydrogen-bond donors (Lipinski definition) is 0. The zero-order valence-electron chi connectivity index (χ0n) is 28.2. The van der Waals surface area contributed by atoms with Gasteiger partial charge in [0.15, 0.2) is 0 Å². The van der Waals surface area contributed by atoms with Crippen LogP contribution in [0.25, 0.3) is 76.8 Å². The Hall–Kier alpha value is -6.91. The summed E-state index contributed by atoms with van der Waals surface area (Å²) in [4.78, 5) is 0. The Bertz CT molecular complexity index is 3220. The Kier molecular flexibility index (Phi) is 5.53. The second-order valence-corrected chi connectivity index (χ2v) is 14.0. The minimum Gasteiger partial charge on any atom is -0.318 e. The van der Waals surface area contributed by atoms with Gasteiger partial charge < -0.3 is 13.7 Å². The zero-order valence-corrected chi connectivity index (χ0v) is 28.2. The number of hydrogen-bond acceptors (Lipinski definition) is 0. The van der Waals surface area contributed by atoms with E-state index >= 15 is 0 Å². The van der Waals surface area contributed by atoms with E-state index in [0.29, 0.717) is 0 Å². The monoisotopic (exact) mass is 663 g/mol. The average Bonchev–Trinajstić information content (AvgIpc) is 3.84. The molecule has 12 rings (SSSR count). The van der Waals surface area contributed by atoms with Crippen LogP contribution in [0.15, 0.2) is 182 Å². The highest BCUT2D eigenvalue weighted by molar-refractivity contribution is 6.23. The van der Waals surface area contributed by atoms with Gasteiger partial charge in [-0.3, -0.25) is 0 Å². The maximum absolute atomic E-state index is 2.58. The van der Waals surface area contributed by atoms with E-state index in [-0.39, 0.29) is 6.04 Å². The maximum Gasteiger partial charge on any atom is 0.235 e. The van der Waals surface area contributed by atoms with Crippen LogP contribution in [0.3, 0.4) is 0 Å². The molecule has 7 aromatic carbocycles. The van der Waals surface area contributed by atoms with Crippen LogP contribution in [0.2, 0.25) is 0 Å². The van der Waals surface area contributed by atoms with E-state index in [4.69, 9.17) is 0 Å². The molecule has 1 aliphatic carbocycles. The van der Waals surface area contributed by atoms with E-state index in [1.807, 2.05) is 0 Å². The normalized spacial score (nSPS) is 15.3. The molecular weight excluding hydrogens is 633 g/mol. The molecule has 1 unspecified atom stereocenters. The molecule has 242 valence electrons. The van der Waals surface area contributed by atoms with E-state index in [9.17, 15) is 0 Å². The van der Waals surface area contributed by atoms with Gasteiger partial charge in [-0.15, -0.1) is 0 Å². The lowest BCUT2D eigenvalue weighted by Gasteiger charge is -2.24. The summed E-state index contributed by atoms with van der Waals surface area (Å²) in [6.45, 7) is 0. The summed E-state index contributed by atoms with van der Waals surface area (Å²) in [6, 6.07) is 57.9. The molecule has 4 heterocycles. The van der Waals surface area contributed by atoms with Crippen LogP contribution in [0.5, 0.6) is 0 Å². The van der Waals surface area contributed by atoms with Crippen molar-refractivity contribution in [2.24, 2.45) is 0 Å². The average molecular weight is 664 g/mol. The van der Waals surface area contributed by atoms with Crippen LogP contribution in [0.1, 0.15) is 6.04 Å². The van der Waals surface area contributed by atoms with Crippen LogP contribution < -0.4 is 4.58 Å². The number of aromatic nitrogens is 3. The Balaban J connectivity index is 1.17. The fourth-order valence-corrected chi connectivity index (χ4v) is 9.19. The first-order chi connectivity index (χ1) is 25.8. The Morgan fingerprint density at radius 2 is 1.06 bits per heavy atom. The quantitative estimate of drug-likeness (QED) is 0.168. The molecule has 52 heavy (non-hydrogen) atoms. The molecule has 3 aromatic heterocycles. The van der Waals surface area contributed by atoms with Gasteiger partial charge in [0.05, 0.1) is 27.6 Å². The molecule has 0 bridgehead atoms. The SMILES string of the molecule is C1=CC2=[N+](c3ccccc3)c3cccc4c5cc6c7ccccc7n(-c7ccc8c(c7)c7ccccc7n8-c7ccccc7)c6cc5n(c34)C2C=C1. The third kappa shape index (κ3) is 3.63. The lowest BCUT2D eigenvalue weighted by atomic mass is 10.0. The lowest BCUT2D eigenvalue weighted by molar-refractivity contribution is 0.781. The predicted molar refractivity (Wildman–Crippen MR) is 218 cm³/mol. The van der Waals surface area contributed by atoms with Crippen molar-refractivity contribution in [3.63, 3.8) is 0 Å². The smallest absolute Gasteiger partial charge is 0.235 e. The van der Waals surface area contributed by atoms with Crippen molar-refractivity contribution in [3.05, 3.63) is 182 Å². The van der Waals surface area contributed by atoms with Gasteiger partial charge in [0.2, 0.25) is 17.1 Å². The summed E-state index contributed by atoms with van der Waals surface area (Å²) in [6.07, 6.45) is 8.98. The minimum absolute atomic E-state index is 0.0656. The van der Waals surface area contributed by atoms with Gasteiger partial charge >= 0.3 is 0 Å². The molecule has 1 atom stereocenters. The van der Waals surface area contributed by atoms with Crippen LogP contribution >= 0.6 is 0 Å². The van der Waals surface area contributed by atoms with E-state index < -0.39 is 0 Å². The first-order valence-corrected chi connectivity index (χ1v) is 18.0. The molecule has 2 aliphatic rings. The third-order valence-corrected chi connectivity index (χ3v) is 11.3. The lowest BCUT2D eigenvalue weighted by Crippen LogP contribution is -2.30. The number of para-hydroxylation sites is 5. The summed E-state index contributed by atoms with van der Waals surface area (Å²) in [7, 11) is 0. The van der Waals surface area contributed by atoms with E-state index in [1.165, 1.54) is 88.2 Å². The second-order valence-electron chi connectivity index (χ2n) is 14.0. The van der Waals surface area contributed by atoms with Crippen LogP contribution in [0.4, 0.5) is 11.4 Å². The van der Waals surface area contributed by atoms with Gasteiger partial charge in [-0.25, -0.2) is 0 Å². The number of allylic oxidation sites excluding steroid dienone is 4. The first-order valence-electron chi connectivity index (χ1n) is 18.0. The number of rotatable bonds is 3. The highest BCUT2D eigenvalue weighted by Gasteiger charge is 2.37. The minimum atomic E-state index is 0.0656. The molecule has 0 saturated heterocycles. The van der Waals surface area contributed by atoms with Gasteiger partial charge in [-0.1, -0.05) is 103 Å². The molecule has 1 aliphatic heterocycles. The molecule has 0 spiro atoms. The third-order valence-electron chi connectivity index (χ3n) is 11.3. The van der Waals surface area contributed by atoms with Gasteiger partial charge in [0, 0.05) is 68.0 Å². The molecule has 0 radical (unpaired) electrons. The van der Waals surface area contributed by atoms with E-state index in [1.54, 1.807) is 0 Å². The van der Waals surface area contributed by atoms with Crippen LogP contribution in [-0.2, 0) is 0 Å². The highest BCUT2D eigenvalue weighted by Crippen LogP contribution is 2.46. The van der Waals surface area contributed by atoms with Gasteiger partial charge in [0.25, 0.3) is 0 Å². The highest BCUT2D eigenvalue weighted by atomic mass is 15.2. The molecule has 10 aromatic rings. The summed E-state index contributed by atoms with van der Waals surface area (Å²) in [5.41, 5.74) is 13.3. The van der Waals surface area contributed by atoms with Crippen molar-refractivity contribution in [2.45, 2.75) is 6.04 Å². The van der Waals surface area contributed by atoms with Gasteiger partial charge in [0.1, 0.15) is 11.6 Å². The topological polar surface area (TPSA) is 17.8 Å². The number of fused-ring (bicyclic) bond motifs is 11. The maximum atomic E-state index is 2.58. The summed E-state index contributed by atoms with van der Waals surface area (Å²) >= 11 is 0. The number of benzene rings is 7. The fraction of sp³-hybridized carbons (Fsp3) is 0.0208. The van der Waals surface area contributed by atoms with Crippen LogP contribution in [-0.4, -0.2) is 19.4 Å². The molecule has 0 amide bonds. The molecule has 0 fully saturated rings. The largest absolute Gasteiger partial charge is 0.318 e. The van der Waals surface area contributed by atoms with Crippen molar-refractivity contribution in [1.29, 1.82) is 0 Å². The Morgan fingerprint density at radius 1 is 0.423 bits per heavy atom. The molecule has 4 nitrogen and oxygen atoms in total. The zero-order chi connectivity index (χ0) is 33.9. The summed E-state index contributed by atoms with van der Waals surface area (Å²) < 4.78 is 9.89. The standard InChI is InChI=1S/C48H31N4/c1-3-14-31(15-4-1)49-40-21-9-7-18-34(40)37-28-33(26-27-42(37)49)51-41-22-10-8-19-35(41)38-29-39-36-20-13-25-45-48(36)52(47(39)30-46(38)51)44-24-12-11-23-43(44)50(45)32-16-5-2-6-17-32/h1-30,44H/q+1. The number of nitrogens with zero attached hydrogens (tertiary/aromatic N) is 4. The summed E-state index contributed by atoms with van der Waals surface area (Å²) in [5.74, 6) is 0. The first kappa shape index (κ1) is 27.9. The second kappa shape index (κ2) is 10.3. The molecule has 0 saturated carbocycles. The van der Waals surface area contributed by atoms with Crippen molar-refractivity contribution < 1.29 is 0 Å². The Morgan fingerprint density at radius 3 is 1.85 bits per heavy atom. The molecule has 0 N–H and O–H groups in total. The van der Waals surface area contributed by atoms with Crippen molar-refractivity contribution >= 4 is 82.5 Å². The van der Waals surface area contributed by atoms with Crippen LogP contribution in [0, 0.1) is 0 Å². The predicted octanol–water partition coefficient (Wildman–Crippen LogP) is 11.9. The van der Waals surface area contributed by atoms with Gasteiger partial charge in [-0.05, 0) is 54.6 Å². The molecular formula is C48H31N4+. The van der Waals surface area contributed by atoms with E-state index in [0.717, 1.165) is 5.69 Å². The summed E-state index contributed by atoms with van der Waals surface area (Å²) in [5, 5.41) is 7.59. The van der Waals surface area contributed by atoms with Gasteiger partial charge in [-0.2, -0.15) is 4.58 Å². The molecule has 4 heteroatoms. The Labute approximate surface area is 299 Å². The van der Waals surface area contributed by atoms with Crippen molar-refractivity contribution in [1.82, 2.24) is 18.3 Å². The fourth-order valence-electron chi connectivity index (χ4n) is 9.19. The van der Waals surface area contributed by atoms with Crippen molar-refractivity contribution in [2.75, 3.05) is 0 Å².